The maximum Gasteiger partial charge on any atom is 0.318 e. The van der Waals surface area contributed by atoms with Crippen LogP contribution in [-0.4, -0.2) is 34.8 Å². The Bertz CT molecular complexity index is 307. The van der Waals surface area contributed by atoms with E-state index in [1.165, 1.54) is 12.2 Å². The van der Waals surface area contributed by atoms with Gasteiger partial charge < -0.3 is 15.1 Å². The summed E-state index contributed by atoms with van der Waals surface area (Å²) in [6, 6.07) is 0.428. The standard InChI is InChI=1S/C9H16N4OS/c1-7(10)8-11-12-9(14-8)13-3-2-5-15-6-4-13/h7H,2-6,10H2,1H3. The summed E-state index contributed by atoms with van der Waals surface area (Å²) in [5.74, 6) is 2.85. The van der Waals surface area contributed by atoms with Crippen LogP contribution in [0.15, 0.2) is 4.42 Å². The SMILES string of the molecule is CC(N)c1nnc(N2CCCSCC2)o1. The minimum absolute atomic E-state index is 0.187. The molecule has 1 unspecified atom stereocenters. The predicted octanol–water partition coefficient (Wildman–Crippen LogP) is 1.03. The molecule has 0 aromatic carbocycles. The van der Waals surface area contributed by atoms with Crippen LogP contribution in [0.1, 0.15) is 25.3 Å². The zero-order chi connectivity index (χ0) is 10.7. The molecule has 1 atom stereocenters. The van der Waals surface area contributed by atoms with Gasteiger partial charge in [0, 0.05) is 18.8 Å². The van der Waals surface area contributed by atoms with Gasteiger partial charge >= 0.3 is 6.01 Å². The maximum atomic E-state index is 5.67. The van der Waals surface area contributed by atoms with Crippen LogP contribution in [0.25, 0.3) is 0 Å². The van der Waals surface area contributed by atoms with Crippen molar-refractivity contribution in [3.63, 3.8) is 0 Å². The van der Waals surface area contributed by atoms with Gasteiger partial charge in [-0.15, -0.1) is 5.10 Å². The lowest BCUT2D eigenvalue weighted by Crippen LogP contribution is -2.25. The number of nitrogens with zero attached hydrogens (tertiary/aromatic N) is 3. The van der Waals surface area contributed by atoms with E-state index in [1.807, 2.05) is 18.7 Å². The first-order chi connectivity index (χ1) is 7.27. The molecule has 5 nitrogen and oxygen atoms in total. The van der Waals surface area contributed by atoms with Crippen molar-refractivity contribution < 1.29 is 4.42 Å². The Morgan fingerprint density at radius 1 is 1.40 bits per heavy atom. The number of thioether (sulfide) groups is 1. The van der Waals surface area contributed by atoms with E-state index in [2.05, 4.69) is 15.1 Å². The van der Waals surface area contributed by atoms with Gasteiger partial charge in [-0.25, -0.2) is 0 Å². The van der Waals surface area contributed by atoms with Gasteiger partial charge in [0.15, 0.2) is 0 Å². The average Bonchev–Trinajstić information content (AvgIpc) is 2.55. The zero-order valence-corrected chi connectivity index (χ0v) is 9.66. The molecule has 2 rings (SSSR count). The Morgan fingerprint density at radius 2 is 2.27 bits per heavy atom. The van der Waals surface area contributed by atoms with Crippen molar-refractivity contribution in [2.75, 3.05) is 29.5 Å². The number of aromatic nitrogens is 2. The minimum Gasteiger partial charge on any atom is -0.406 e. The van der Waals surface area contributed by atoms with Crippen LogP contribution < -0.4 is 10.6 Å². The first-order valence-corrected chi connectivity index (χ1v) is 6.34. The fraction of sp³-hybridized carbons (Fsp3) is 0.778. The van der Waals surface area contributed by atoms with Crippen LogP contribution in [0, 0.1) is 0 Å². The third kappa shape index (κ3) is 2.63. The van der Waals surface area contributed by atoms with E-state index < -0.39 is 0 Å². The van der Waals surface area contributed by atoms with Crippen molar-refractivity contribution in [1.29, 1.82) is 0 Å². The smallest absolute Gasteiger partial charge is 0.318 e. The van der Waals surface area contributed by atoms with E-state index in [9.17, 15) is 0 Å². The molecule has 0 saturated carbocycles. The van der Waals surface area contributed by atoms with Crippen molar-refractivity contribution in [2.24, 2.45) is 5.73 Å². The molecule has 84 valence electrons. The van der Waals surface area contributed by atoms with Crippen LogP contribution in [-0.2, 0) is 0 Å². The van der Waals surface area contributed by atoms with Crippen molar-refractivity contribution in [1.82, 2.24) is 10.2 Å². The molecule has 2 heterocycles. The number of anilines is 1. The highest BCUT2D eigenvalue weighted by molar-refractivity contribution is 7.99. The molecule has 0 radical (unpaired) electrons. The molecule has 0 bridgehead atoms. The summed E-state index contributed by atoms with van der Waals surface area (Å²) in [4.78, 5) is 2.14. The third-order valence-corrected chi connectivity index (χ3v) is 3.36. The molecule has 6 heteroatoms. The summed E-state index contributed by atoms with van der Waals surface area (Å²) in [5, 5.41) is 7.95. The van der Waals surface area contributed by atoms with E-state index in [0.717, 1.165) is 18.8 Å². The molecule has 0 aliphatic carbocycles. The molecule has 2 N–H and O–H groups in total. The summed E-state index contributed by atoms with van der Waals surface area (Å²) in [5.41, 5.74) is 5.67. The second-order valence-electron chi connectivity index (χ2n) is 3.66. The molecular weight excluding hydrogens is 212 g/mol. The molecule has 1 saturated heterocycles. The van der Waals surface area contributed by atoms with Gasteiger partial charge in [0.05, 0.1) is 6.04 Å². The van der Waals surface area contributed by atoms with Gasteiger partial charge in [-0.1, -0.05) is 5.10 Å². The maximum absolute atomic E-state index is 5.67. The molecule has 1 fully saturated rings. The predicted molar refractivity (Wildman–Crippen MR) is 61.1 cm³/mol. The van der Waals surface area contributed by atoms with Gasteiger partial charge in [0.1, 0.15) is 0 Å². The molecule has 1 aliphatic rings. The lowest BCUT2D eigenvalue weighted by atomic mass is 10.4. The van der Waals surface area contributed by atoms with E-state index >= 15 is 0 Å². The minimum atomic E-state index is -0.187. The fourth-order valence-corrected chi connectivity index (χ4v) is 2.36. The van der Waals surface area contributed by atoms with Crippen molar-refractivity contribution in [2.45, 2.75) is 19.4 Å². The molecule has 0 spiro atoms. The van der Waals surface area contributed by atoms with Crippen LogP contribution in [0.4, 0.5) is 6.01 Å². The van der Waals surface area contributed by atoms with Crippen LogP contribution in [0.3, 0.4) is 0 Å². The van der Waals surface area contributed by atoms with E-state index in [0.29, 0.717) is 11.9 Å². The molecule has 1 aromatic heterocycles. The van der Waals surface area contributed by atoms with E-state index in [1.54, 1.807) is 0 Å². The third-order valence-electron chi connectivity index (χ3n) is 2.31. The van der Waals surface area contributed by atoms with Crippen LogP contribution in [0.5, 0.6) is 0 Å². The molecule has 1 aliphatic heterocycles. The van der Waals surface area contributed by atoms with Crippen molar-refractivity contribution in [3.8, 4) is 0 Å². The highest BCUT2D eigenvalue weighted by Gasteiger charge is 2.17. The summed E-state index contributed by atoms with van der Waals surface area (Å²) in [6.07, 6.45) is 1.17. The number of hydrogen-bond acceptors (Lipinski definition) is 6. The van der Waals surface area contributed by atoms with Gasteiger partial charge in [-0.3, -0.25) is 0 Å². The Labute approximate surface area is 93.4 Å². The number of hydrogen-bond donors (Lipinski definition) is 1. The fourth-order valence-electron chi connectivity index (χ4n) is 1.48. The Kier molecular flexibility index (Phi) is 3.48. The van der Waals surface area contributed by atoms with Gasteiger partial charge in [0.2, 0.25) is 5.89 Å². The Hall–Kier alpha value is -0.750. The highest BCUT2D eigenvalue weighted by atomic mass is 32.2. The second kappa shape index (κ2) is 4.85. The lowest BCUT2D eigenvalue weighted by molar-refractivity contribution is 0.457. The van der Waals surface area contributed by atoms with Crippen molar-refractivity contribution in [3.05, 3.63) is 5.89 Å². The summed E-state index contributed by atoms with van der Waals surface area (Å²) < 4.78 is 5.51. The summed E-state index contributed by atoms with van der Waals surface area (Å²) >= 11 is 1.97. The quantitative estimate of drug-likeness (QED) is 0.815. The highest BCUT2D eigenvalue weighted by Crippen LogP contribution is 2.19. The first-order valence-electron chi connectivity index (χ1n) is 5.19. The molecule has 15 heavy (non-hydrogen) atoms. The lowest BCUT2D eigenvalue weighted by Gasteiger charge is -2.15. The topological polar surface area (TPSA) is 68.2 Å². The monoisotopic (exact) mass is 228 g/mol. The van der Waals surface area contributed by atoms with E-state index in [-0.39, 0.29) is 6.04 Å². The Morgan fingerprint density at radius 3 is 3.00 bits per heavy atom. The van der Waals surface area contributed by atoms with Crippen LogP contribution in [0.2, 0.25) is 0 Å². The van der Waals surface area contributed by atoms with Gasteiger partial charge in [-0.2, -0.15) is 11.8 Å². The zero-order valence-electron chi connectivity index (χ0n) is 8.85. The van der Waals surface area contributed by atoms with Crippen LogP contribution >= 0.6 is 11.8 Å². The Balaban J connectivity index is 2.06. The molecule has 0 amide bonds. The van der Waals surface area contributed by atoms with Gasteiger partial charge in [-0.05, 0) is 19.1 Å². The summed E-state index contributed by atoms with van der Waals surface area (Å²) in [6.45, 7) is 3.81. The molecular formula is C9H16N4OS. The average molecular weight is 228 g/mol. The number of nitrogens with two attached hydrogens (primary N) is 1. The number of rotatable bonds is 2. The van der Waals surface area contributed by atoms with E-state index in [4.69, 9.17) is 10.2 Å². The van der Waals surface area contributed by atoms with Crippen molar-refractivity contribution >= 4 is 17.8 Å². The first kappa shape index (κ1) is 10.8. The molecule has 1 aromatic rings. The largest absolute Gasteiger partial charge is 0.406 e. The van der Waals surface area contributed by atoms with Gasteiger partial charge in [0.25, 0.3) is 0 Å². The summed E-state index contributed by atoms with van der Waals surface area (Å²) in [7, 11) is 0. The normalized spacial score (nSPS) is 20.0. The second-order valence-corrected chi connectivity index (χ2v) is 4.89.